The van der Waals surface area contributed by atoms with Gasteiger partial charge in [0.25, 0.3) is 0 Å². The summed E-state index contributed by atoms with van der Waals surface area (Å²) in [6, 6.07) is 0. The number of carbonyl (C=O) groups is 4. The molecular formula is C29H38N2O16S. The van der Waals surface area contributed by atoms with E-state index in [1.807, 2.05) is 5.16 Å². The summed E-state index contributed by atoms with van der Waals surface area (Å²) >= 11 is 4.57. The molecule has 1 aliphatic carbocycles. The first-order valence-corrected chi connectivity index (χ1v) is 15.0. The molecule has 2 aliphatic heterocycles. The number of aliphatic hydroxyl groups is 5. The average molecular weight is 703 g/mol. The van der Waals surface area contributed by atoms with E-state index in [9.17, 15) is 49.8 Å². The number of rotatable bonds is 11. The molecule has 2 saturated heterocycles. The number of thiocarbonyl (C=S) groups is 1. The molecule has 2 fully saturated rings. The summed E-state index contributed by atoms with van der Waals surface area (Å²) in [5, 5.41) is 75.3. The van der Waals surface area contributed by atoms with Gasteiger partial charge in [-0.2, -0.15) is 4.99 Å². The number of ether oxygens (including phenoxy) is 6. The average Bonchev–Trinajstić information content (AvgIpc) is 3.01. The highest BCUT2D eigenvalue weighted by molar-refractivity contribution is 7.78. The van der Waals surface area contributed by atoms with Gasteiger partial charge in [-0.1, -0.05) is 6.08 Å². The van der Waals surface area contributed by atoms with Gasteiger partial charge in [0.05, 0.1) is 29.9 Å². The molecule has 3 aliphatic rings. The first kappa shape index (κ1) is 39.0. The molecule has 0 aromatic carbocycles. The number of esters is 2. The summed E-state index contributed by atoms with van der Waals surface area (Å²) in [7, 11) is 1.25. The zero-order valence-corrected chi connectivity index (χ0v) is 27.3. The van der Waals surface area contributed by atoms with Crippen molar-refractivity contribution >= 4 is 46.8 Å². The largest absolute Gasteiger partial charge is 0.508 e. The molecule has 3 rings (SSSR count). The molecule has 19 heteroatoms. The van der Waals surface area contributed by atoms with Crippen molar-refractivity contribution in [3.8, 4) is 0 Å². The van der Waals surface area contributed by atoms with Crippen molar-refractivity contribution in [1.82, 2.24) is 0 Å². The number of aliphatic imine (C=N–C) groups is 1. The van der Waals surface area contributed by atoms with Crippen LogP contribution in [0, 0.1) is 5.41 Å². The summed E-state index contributed by atoms with van der Waals surface area (Å²) in [5.41, 5.74) is -7.66. The number of nitrogens with zero attached hydrogens (tertiary/aromatic N) is 1. The predicted molar refractivity (Wildman–Crippen MR) is 161 cm³/mol. The number of nitrogens with one attached hydrogen (secondary N) is 1. The monoisotopic (exact) mass is 702 g/mol. The van der Waals surface area contributed by atoms with Gasteiger partial charge in [-0.05, 0) is 33.0 Å². The van der Waals surface area contributed by atoms with E-state index >= 15 is 0 Å². The number of hydrogen-bond donors (Lipinski definition) is 7. The summed E-state index contributed by atoms with van der Waals surface area (Å²) in [4.78, 5) is 53.2. The molecule has 7 N–H and O–H groups in total. The molecule has 11 atom stereocenters. The Morgan fingerprint density at radius 3 is 2.42 bits per heavy atom. The molecule has 18 nitrogen and oxygen atoms in total. The highest BCUT2D eigenvalue weighted by Crippen LogP contribution is 2.42. The number of aliphatic hydroxyl groups excluding tert-OH is 3. The lowest BCUT2D eigenvalue weighted by Gasteiger charge is -2.51. The van der Waals surface area contributed by atoms with Crippen molar-refractivity contribution in [2.45, 2.75) is 107 Å². The van der Waals surface area contributed by atoms with Crippen molar-refractivity contribution in [2.24, 2.45) is 4.99 Å². The minimum atomic E-state index is -3.00. The first-order chi connectivity index (χ1) is 22.4. The fraction of sp³-hybridized carbons (Fsp3) is 0.655. The molecule has 0 aromatic rings. The van der Waals surface area contributed by atoms with Crippen LogP contribution >= 0.6 is 12.2 Å². The molecule has 0 saturated carbocycles. The van der Waals surface area contributed by atoms with E-state index in [1.54, 1.807) is 0 Å². The van der Waals surface area contributed by atoms with Crippen LogP contribution in [0.3, 0.4) is 0 Å². The van der Waals surface area contributed by atoms with Gasteiger partial charge in [0, 0.05) is 20.5 Å². The smallest absolute Gasteiger partial charge is 0.357 e. The van der Waals surface area contributed by atoms with Crippen molar-refractivity contribution in [2.75, 3.05) is 13.7 Å². The lowest BCUT2D eigenvalue weighted by Crippen LogP contribution is -2.70. The van der Waals surface area contributed by atoms with Crippen LogP contribution < -0.4 is 0 Å². The Morgan fingerprint density at radius 2 is 1.90 bits per heavy atom. The predicted octanol–water partition coefficient (Wildman–Crippen LogP) is -1.14. The Labute approximate surface area is 279 Å². The third kappa shape index (κ3) is 7.40. The van der Waals surface area contributed by atoms with Crippen molar-refractivity contribution in [1.29, 1.82) is 5.41 Å². The minimum Gasteiger partial charge on any atom is -0.508 e. The highest BCUT2D eigenvalue weighted by atomic mass is 32.1. The third-order valence-corrected chi connectivity index (χ3v) is 8.57. The standard InChI is InChI=1S/C29H38N2O16S/c1-6-14(31-10-48)27(39)47-22-16(9-43-13(4)33)45-25(28(40)8-15(34)20(30)19(24(28)36)26(37)38)21(35)23(22)46-18-7-17(42-5)29(41,11(2)32)12(3)44-18/h6,11-12,16-18,21-23,25,30,32,35-36,40-41H,7-9H2,1-5H3,(H,37,38)/b14-6+,30-20?/t11?,12?,16?,17?,18?,21?,22?,23?,25-,28+,29?/m0/s1. The molecule has 266 valence electrons. The second-order valence-electron chi connectivity index (χ2n) is 11.4. The van der Waals surface area contributed by atoms with E-state index in [-0.39, 0.29) is 12.1 Å². The Balaban J connectivity index is 2.17. The van der Waals surface area contributed by atoms with Crippen LogP contribution in [-0.4, -0.2) is 145 Å². The van der Waals surface area contributed by atoms with E-state index in [1.165, 1.54) is 34.0 Å². The van der Waals surface area contributed by atoms with Gasteiger partial charge in [0.15, 0.2) is 29.5 Å². The number of ketones is 1. The number of methoxy groups -OCH3 is 1. The fourth-order valence-electron chi connectivity index (χ4n) is 5.92. The maximum atomic E-state index is 13.2. The zero-order chi connectivity index (χ0) is 36.3. The molecule has 0 radical (unpaired) electrons. The summed E-state index contributed by atoms with van der Waals surface area (Å²) in [5.74, 6) is -6.55. The van der Waals surface area contributed by atoms with Gasteiger partial charge >= 0.3 is 17.9 Å². The topological polar surface area (TPSA) is 281 Å². The molecule has 0 aromatic heterocycles. The van der Waals surface area contributed by atoms with Crippen molar-refractivity contribution < 1.29 is 78.2 Å². The number of Topliss-reactive ketones (excluding diaryl/α,β-unsaturated/α-hetero) is 1. The Morgan fingerprint density at radius 1 is 1.25 bits per heavy atom. The van der Waals surface area contributed by atoms with Crippen LogP contribution in [0.5, 0.6) is 0 Å². The van der Waals surface area contributed by atoms with Crippen LogP contribution in [0.15, 0.2) is 28.1 Å². The number of aliphatic carboxylic acids is 1. The van der Waals surface area contributed by atoms with E-state index in [0.29, 0.717) is 0 Å². The number of carboxylic acids is 1. The number of carboxylic acid groups (broad SMARTS) is 1. The third-order valence-electron chi connectivity index (χ3n) is 8.48. The number of isothiocyanates is 1. The Bertz CT molecular complexity index is 1430. The normalized spacial score (nSPS) is 36.6. The maximum Gasteiger partial charge on any atom is 0.357 e. The van der Waals surface area contributed by atoms with E-state index in [2.05, 4.69) is 17.2 Å². The summed E-state index contributed by atoms with van der Waals surface area (Å²) in [6.07, 6.45) is -14.9. The zero-order valence-electron chi connectivity index (χ0n) is 26.5. The number of allylic oxidation sites excluding steroid dienone is 1. The second-order valence-corrected chi connectivity index (χ2v) is 11.6. The number of carbonyl (C=O) groups excluding carboxylic acids is 3. The van der Waals surface area contributed by atoms with Crippen molar-refractivity contribution in [3.05, 3.63) is 23.1 Å². The molecule has 0 spiro atoms. The number of hydrogen-bond acceptors (Lipinski definition) is 18. The summed E-state index contributed by atoms with van der Waals surface area (Å²) in [6.45, 7) is 4.44. The van der Waals surface area contributed by atoms with Crippen LogP contribution in [0.25, 0.3) is 0 Å². The molecule has 0 amide bonds. The Kier molecular flexibility index (Phi) is 12.5. The highest BCUT2D eigenvalue weighted by Gasteiger charge is 2.61. The maximum absolute atomic E-state index is 13.2. The van der Waals surface area contributed by atoms with Gasteiger partial charge in [-0.15, -0.1) is 0 Å². The van der Waals surface area contributed by atoms with Crippen LogP contribution in [0.4, 0.5) is 0 Å². The molecule has 48 heavy (non-hydrogen) atoms. The summed E-state index contributed by atoms with van der Waals surface area (Å²) < 4.78 is 33.8. The minimum absolute atomic E-state index is 0.296. The SMILES string of the molecule is C/C=C(/N=C=S)C(=O)OC1C(COC(C)=O)O[C@H]([C@@]2(O)CC(=O)C(=N)C(C(=O)O)=C2O)C(O)C1OC1CC(OC)C(O)(C(C)O)C(C)O1. The lowest BCUT2D eigenvalue weighted by atomic mass is 9.74. The van der Waals surface area contributed by atoms with Crippen LogP contribution in [0.1, 0.15) is 40.5 Å². The van der Waals surface area contributed by atoms with Crippen LogP contribution in [-0.2, 0) is 47.6 Å². The van der Waals surface area contributed by atoms with Gasteiger partial charge in [-0.25, -0.2) is 9.59 Å². The molecule has 0 bridgehead atoms. The van der Waals surface area contributed by atoms with E-state index < -0.39 is 120 Å². The molecule has 2 heterocycles. The van der Waals surface area contributed by atoms with Gasteiger partial charge in [0.1, 0.15) is 53.7 Å². The van der Waals surface area contributed by atoms with Gasteiger partial charge in [-0.3, -0.25) is 15.0 Å². The molecular weight excluding hydrogens is 664 g/mol. The quantitative estimate of drug-likeness (QED) is 0.0580. The molecule has 9 unspecified atom stereocenters. The van der Waals surface area contributed by atoms with Gasteiger partial charge < -0.3 is 59.1 Å². The van der Waals surface area contributed by atoms with Crippen molar-refractivity contribution in [3.63, 3.8) is 0 Å². The van der Waals surface area contributed by atoms with Crippen LogP contribution in [0.2, 0.25) is 0 Å². The first-order valence-electron chi connectivity index (χ1n) is 14.6. The lowest BCUT2D eigenvalue weighted by molar-refractivity contribution is -0.344. The Hall–Kier alpha value is -3.49. The second kappa shape index (κ2) is 15.4. The fourth-order valence-corrected chi connectivity index (χ4v) is 6.02. The van der Waals surface area contributed by atoms with E-state index in [4.69, 9.17) is 33.8 Å². The van der Waals surface area contributed by atoms with E-state index in [0.717, 1.165) is 6.92 Å². The van der Waals surface area contributed by atoms with Gasteiger partial charge in [0.2, 0.25) is 0 Å².